The van der Waals surface area contributed by atoms with Crippen LogP contribution in [0.1, 0.15) is 17.5 Å². The molecule has 156 valence electrons. The van der Waals surface area contributed by atoms with Crippen LogP contribution in [-0.4, -0.2) is 33.5 Å². The summed E-state index contributed by atoms with van der Waals surface area (Å²) in [7, 11) is 1.63. The van der Waals surface area contributed by atoms with Crippen molar-refractivity contribution in [2.75, 3.05) is 12.4 Å². The summed E-state index contributed by atoms with van der Waals surface area (Å²) in [6, 6.07) is 19.5. The van der Waals surface area contributed by atoms with Crippen LogP contribution in [0.25, 0.3) is 16.8 Å². The van der Waals surface area contributed by atoms with Gasteiger partial charge >= 0.3 is 0 Å². The third-order valence-electron chi connectivity index (χ3n) is 5.06. The number of amides is 2. The molecule has 0 aliphatic rings. The number of benzene rings is 2. The highest BCUT2D eigenvalue weighted by Crippen LogP contribution is 2.21. The average Bonchev–Trinajstić information content (AvgIpc) is 3.26. The van der Waals surface area contributed by atoms with Crippen molar-refractivity contribution in [3.8, 4) is 11.1 Å². The van der Waals surface area contributed by atoms with Gasteiger partial charge in [-0.2, -0.15) is 5.10 Å². The Morgan fingerprint density at radius 3 is 2.58 bits per heavy atom. The van der Waals surface area contributed by atoms with E-state index >= 15 is 0 Å². The molecule has 0 aliphatic carbocycles. The van der Waals surface area contributed by atoms with Gasteiger partial charge in [0.2, 0.25) is 11.8 Å². The van der Waals surface area contributed by atoms with Crippen molar-refractivity contribution in [1.29, 1.82) is 0 Å². The molecule has 0 bridgehead atoms. The maximum absolute atomic E-state index is 12.5. The number of carbonyl (C=O) groups is 2. The van der Waals surface area contributed by atoms with Crippen LogP contribution < -0.4 is 10.6 Å². The third kappa shape index (κ3) is 5.14. The lowest BCUT2D eigenvalue weighted by Gasteiger charge is -2.08. The molecule has 0 unspecified atom stereocenters. The lowest BCUT2D eigenvalue weighted by atomic mass is 10.0. The second kappa shape index (κ2) is 9.21. The number of hydrogen-bond donors (Lipinski definition) is 2. The third-order valence-corrected chi connectivity index (χ3v) is 5.06. The van der Waals surface area contributed by atoms with E-state index in [1.165, 1.54) is 6.33 Å². The Hall–Kier alpha value is -4.00. The molecule has 2 amide bonds. The number of nitrogens with one attached hydrogen (secondary N) is 2. The molecule has 2 aromatic heterocycles. The van der Waals surface area contributed by atoms with Gasteiger partial charge in [0.1, 0.15) is 6.33 Å². The summed E-state index contributed by atoms with van der Waals surface area (Å²) in [5.74, 6) is -0.0830. The minimum Gasteiger partial charge on any atom is -0.359 e. The van der Waals surface area contributed by atoms with E-state index in [0.717, 1.165) is 33.6 Å². The second-order valence-electron chi connectivity index (χ2n) is 7.27. The number of rotatable bonds is 7. The van der Waals surface area contributed by atoms with Gasteiger partial charge in [0.15, 0.2) is 5.65 Å². The van der Waals surface area contributed by atoms with Crippen molar-refractivity contribution in [2.45, 2.75) is 19.3 Å². The molecule has 0 saturated carbocycles. The van der Waals surface area contributed by atoms with E-state index in [2.05, 4.69) is 20.7 Å². The number of carbonyl (C=O) groups excluding carboxylic acids is 2. The van der Waals surface area contributed by atoms with E-state index in [0.29, 0.717) is 12.8 Å². The first-order valence-corrected chi connectivity index (χ1v) is 10.1. The zero-order chi connectivity index (χ0) is 21.6. The molecular weight excluding hydrogens is 390 g/mol. The zero-order valence-electron chi connectivity index (χ0n) is 17.2. The maximum atomic E-state index is 12.5. The van der Waals surface area contributed by atoms with Crippen molar-refractivity contribution in [3.63, 3.8) is 0 Å². The molecule has 0 spiro atoms. The second-order valence-corrected chi connectivity index (χ2v) is 7.27. The minimum absolute atomic E-state index is 0.000689. The highest BCUT2D eigenvalue weighted by atomic mass is 16.2. The topological polar surface area (TPSA) is 88.4 Å². The number of aryl methyl sites for hydroxylation is 1. The van der Waals surface area contributed by atoms with E-state index in [1.54, 1.807) is 11.6 Å². The summed E-state index contributed by atoms with van der Waals surface area (Å²) in [6.07, 6.45) is 4.74. The SMILES string of the molecule is CNC(=O)CCc1cccc(NC(=O)Cc2ccc(-c3ccn4ncnc4c3)cc2)c1. The van der Waals surface area contributed by atoms with E-state index in [9.17, 15) is 9.59 Å². The van der Waals surface area contributed by atoms with Crippen molar-refractivity contribution in [3.05, 3.63) is 84.3 Å². The Kier molecular flexibility index (Phi) is 6.03. The first-order valence-electron chi connectivity index (χ1n) is 10.1. The highest BCUT2D eigenvalue weighted by molar-refractivity contribution is 5.92. The molecule has 2 heterocycles. The minimum atomic E-state index is -0.0823. The molecule has 31 heavy (non-hydrogen) atoms. The maximum Gasteiger partial charge on any atom is 0.228 e. The summed E-state index contributed by atoms with van der Waals surface area (Å²) in [4.78, 5) is 28.1. The summed E-state index contributed by atoms with van der Waals surface area (Å²) in [5, 5.41) is 9.66. The van der Waals surface area contributed by atoms with Gasteiger partial charge in [0, 0.05) is 25.4 Å². The highest BCUT2D eigenvalue weighted by Gasteiger charge is 2.07. The van der Waals surface area contributed by atoms with E-state index < -0.39 is 0 Å². The Morgan fingerprint density at radius 1 is 0.935 bits per heavy atom. The summed E-state index contributed by atoms with van der Waals surface area (Å²) < 4.78 is 1.72. The lowest BCUT2D eigenvalue weighted by Crippen LogP contribution is -2.18. The smallest absolute Gasteiger partial charge is 0.228 e. The van der Waals surface area contributed by atoms with Gasteiger partial charge < -0.3 is 10.6 Å². The predicted octanol–water partition coefficient (Wildman–Crippen LogP) is 3.26. The molecule has 0 atom stereocenters. The number of hydrogen-bond acceptors (Lipinski definition) is 4. The van der Waals surface area contributed by atoms with Crippen molar-refractivity contribution < 1.29 is 9.59 Å². The predicted molar refractivity (Wildman–Crippen MR) is 120 cm³/mol. The van der Waals surface area contributed by atoms with E-state index in [-0.39, 0.29) is 18.2 Å². The monoisotopic (exact) mass is 413 g/mol. The first-order chi connectivity index (χ1) is 15.1. The number of nitrogens with zero attached hydrogens (tertiary/aromatic N) is 3. The largest absolute Gasteiger partial charge is 0.359 e. The van der Waals surface area contributed by atoms with Crippen molar-refractivity contribution in [1.82, 2.24) is 19.9 Å². The van der Waals surface area contributed by atoms with Crippen LogP contribution in [0.2, 0.25) is 0 Å². The average molecular weight is 413 g/mol. The van der Waals surface area contributed by atoms with Gasteiger partial charge in [0.05, 0.1) is 6.42 Å². The van der Waals surface area contributed by atoms with Crippen LogP contribution in [-0.2, 0) is 22.4 Å². The molecule has 2 aromatic carbocycles. The van der Waals surface area contributed by atoms with Gasteiger partial charge in [-0.25, -0.2) is 9.50 Å². The van der Waals surface area contributed by atoms with Crippen LogP contribution >= 0.6 is 0 Å². The molecule has 7 heteroatoms. The van der Waals surface area contributed by atoms with Crippen LogP contribution in [0.3, 0.4) is 0 Å². The first kappa shape index (κ1) is 20.3. The molecule has 7 nitrogen and oxygen atoms in total. The molecule has 0 fully saturated rings. The fourth-order valence-corrected chi connectivity index (χ4v) is 3.39. The Labute approximate surface area is 180 Å². The molecule has 2 N–H and O–H groups in total. The Balaban J connectivity index is 1.37. The number of anilines is 1. The number of pyridine rings is 1. The molecule has 4 aromatic rings. The normalized spacial score (nSPS) is 10.7. The number of fused-ring (bicyclic) bond motifs is 1. The van der Waals surface area contributed by atoms with Crippen LogP contribution in [0.15, 0.2) is 73.2 Å². The van der Waals surface area contributed by atoms with Crippen molar-refractivity contribution in [2.24, 2.45) is 0 Å². The summed E-state index contributed by atoms with van der Waals surface area (Å²) >= 11 is 0. The summed E-state index contributed by atoms with van der Waals surface area (Å²) in [5.41, 5.74) is 5.57. The van der Waals surface area contributed by atoms with Gasteiger partial charge in [-0.15, -0.1) is 0 Å². The molecular formula is C24H23N5O2. The van der Waals surface area contributed by atoms with Gasteiger partial charge in [-0.1, -0.05) is 36.4 Å². The Morgan fingerprint density at radius 2 is 1.77 bits per heavy atom. The fourth-order valence-electron chi connectivity index (χ4n) is 3.39. The quantitative estimate of drug-likeness (QED) is 0.487. The standard InChI is InChI=1S/C24H23N5O2/c1-25-23(30)10-7-17-3-2-4-21(13-17)28-24(31)14-18-5-8-19(9-6-18)20-11-12-29-22(15-20)26-16-27-29/h2-6,8-9,11-13,15-16H,7,10,14H2,1H3,(H,25,30)(H,28,31). The fraction of sp³-hybridized carbons (Fsp3) is 0.167. The molecule has 4 rings (SSSR count). The molecule has 0 aliphatic heterocycles. The van der Waals surface area contributed by atoms with Crippen LogP contribution in [0, 0.1) is 0 Å². The summed E-state index contributed by atoms with van der Waals surface area (Å²) in [6.45, 7) is 0. The van der Waals surface area contributed by atoms with E-state index in [4.69, 9.17) is 0 Å². The van der Waals surface area contributed by atoms with Crippen LogP contribution in [0.4, 0.5) is 5.69 Å². The number of aromatic nitrogens is 3. The Bertz CT molecular complexity index is 1210. The lowest BCUT2D eigenvalue weighted by molar-refractivity contribution is -0.120. The van der Waals surface area contributed by atoms with Gasteiger partial charge in [-0.05, 0) is 52.9 Å². The molecule has 0 radical (unpaired) electrons. The van der Waals surface area contributed by atoms with Crippen LogP contribution in [0.5, 0.6) is 0 Å². The van der Waals surface area contributed by atoms with Gasteiger partial charge in [-0.3, -0.25) is 9.59 Å². The molecule has 0 saturated heterocycles. The zero-order valence-corrected chi connectivity index (χ0v) is 17.2. The van der Waals surface area contributed by atoms with Gasteiger partial charge in [0.25, 0.3) is 0 Å². The van der Waals surface area contributed by atoms with Crippen molar-refractivity contribution >= 4 is 23.1 Å². The van der Waals surface area contributed by atoms with E-state index in [1.807, 2.05) is 66.9 Å².